The number of fused-ring (bicyclic) bond motifs is 3. The molecule has 2 heterocycles. The second kappa shape index (κ2) is 7.13. The van der Waals surface area contributed by atoms with Crippen molar-refractivity contribution >= 4 is 31.5 Å². The second-order valence-electron chi connectivity index (χ2n) is 7.73. The van der Waals surface area contributed by atoms with Crippen molar-refractivity contribution < 1.29 is 4.11 Å². The van der Waals surface area contributed by atoms with E-state index in [0.29, 0.717) is 11.5 Å². The molecule has 5 aromatic rings. The van der Waals surface area contributed by atoms with Gasteiger partial charge in [0.1, 0.15) is 0 Å². The zero-order chi connectivity index (χ0) is 22.5. The summed E-state index contributed by atoms with van der Waals surface area (Å²) in [6.45, 7) is 2.32. The van der Waals surface area contributed by atoms with Crippen molar-refractivity contribution in [2.24, 2.45) is 0 Å². The Hall–Kier alpha value is -2.97. The number of rotatable bonds is 3. The molecule has 0 aliphatic carbocycles. The third-order valence-electron chi connectivity index (χ3n) is 5.44. The van der Waals surface area contributed by atoms with Gasteiger partial charge in [0, 0.05) is 36.0 Å². The van der Waals surface area contributed by atoms with Gasteiger partial charge in [0.05, 0.1) is 5.69 Å². The minimum atomic E-state index is -2.07. The van der Waals surface area contributed by atoms with E-state index in [1.165, 1.54) is 25.7 Å². The molecule has 0 aliphatic heterocycles. The van der Waals surface area contributed by atoms with Gasteiger partial charge in [-0.25, -0.2) is 0 Å². The van der Waals surface area contributed by atoms with Gasteiger partial charge in [-0.2, -0.15) is 0 Å². The number of aryl methyl sites for hydroxylation is 1. The van der Waals surface area contributed by atoms with Crippen LogP contribution in [0, 0.1) is 6.85 Å². The van der Waals surface area contributed by atoms with Crippen molar-refractivity contribution in [3.05, 3.63) is 90.1 Å². The van der Waals surface area contributed by atoms with Crippen LogP contribution in [0.1, 0.15) is 35.0 Å². The van der Waals surface area contributed by atoms with Gasteiger partial charge in [0.2, 0.25) is 0 Å². The summed E-state index contributed by atoms with van der Waals surface area (Å²) in [7, 11) is 0. The predicted molar refractivity (Wildman–Crippen MR) is 127 cm³/mol. The van der Waals surface area contributed by atoms with E-state index in [1.807, 2.05) is 18.3 Å². The van der Waals surface area contributed by atoms with Crippen LogP contribution < -0.4 is 0 Å². The summed E-state index contributed by atoms with van der Waals surface area (Å²) in [5.74, 6) is 0.467. The van der Waals surface area contributed by atoms with Crippen LogP contribution in [-0.4, -0.2) is 4.98 Å². The standard InChI is InChI=1S/C27H23NS/c1-17(2)20-12-13-28-25(15-20)22-9-11-26-24(14-22)23-10-8-21(16-27(23)29-26)19-6-4-18(3)5-7-19/h4-17H,1-3H3/i3D3. The smallest absolute Gasteiger partial charge is 0.0705 e. The second-order valence-corrected chi connectivity index (χ2v) is 8.81. The first-order chi connectivity index (χ1) is 15.3. The van der Waals surface area contributed by atoms with E-state index in [9.17, 15) is 0 Å². The fourth-order valence-corrected chi connectivity index (χ4v) is 4.87. The highest BCUT2D eigenvalue weighted by atomic mass is 32.1. The Labute approximate surface area is 179 Å². The zero-order valence-corrected chi connectivity index (χ0v) is 17.3. The molecule has 0 N–H and O–H groups in total. The predicted octanol–water partition coefficient (Wildman–Crippen LogP) is 8.22. The van der Waals surface area contributed by atoms with Gasteiger partial charge >= 0.3 is 0 Å². The van der Waals surface area contributed by atoms with Crippen molar-refractivity contribution in [1.82, 2.24) is 4.98 Å². The summed E-state index contributed by atoms with van der Waals surface area (Å²) in [6, 6.07) is 24.5. The molecule has 5 rings (SSSR count). The first-order valence-electron chi connectivity index (χ1n) is 11.3. The maximum absolute atomic E-state index is 7.56. The Morgan fingerprint density at radius 2 is 1.55 bits per heavy atom. The van der Waals surface area contributed by atoms with E-state index in [4.69, 9.17) is 4.11 Å². The van der Waals surface area contributed by atoms with Crippen LogP contribution in [0.15, 0.2) is 79.0 Å². The molecular formula is C27H23NS. The summed E-state index contributed by atoms with van der Waals surface area (Å²) >= 11 is 1.78. The van der Waals surface area contributed by atoms with Crippen molar-refractivity contribution in [3.8, 4) is 22.4 Å². The molecule has 0 unspecified atom stereocenters. The first kappa shape index (κ1) is 14.9. The summed E-state index contributed by atoms with van der Waals surface area (Å²) in [6.07, 6.45) is 1.89. The van der Waals surface area contributed by atoms with Gasteiger partial charge in [-0.15, -0.1) is 11.3 Å². The van der Waals surface area contributed by atoms with E-state index in [2.05, 4.69) is 67.4 Å². The Bertz CT molecular complexity index is 1430. The van der Waals surface area contributed by atoms with Crippen LogP contribution in [-0.2, 0) is 0 Å². The molecule has 0 spiro atoms. The number of pyridine rings is 1. The third-order valence-corrected chi connectivity index (χ3v) is 6.57. The number of benzene rings is 3. The van der Waals surface area contributed by atoms with Crippen LogP contribution in [0.4, 0.5) is 0 Å². The molecule has 0 radical (unpaired) electrons. The molecule has 0 saturated carbocycles. The van der Waals surface area contributed by atoms with Crippen molar-refractivity contribution in [2.75, 3.05) is 0 Å². The summed E-state index contributed by atoms with van der Waals surface area (Å²) in [5, 5.41) is 2.47. The molecule has 2 aromatic heterocycles. The van der Waals surface area contributed by atoms with Gasteiger partial charge < -0.3 is 0 Å². The first-order valence-corrected chi connectivity index (χ1v) is 10.6. The summed E-state index contributed by atoms with van der Waals surface area (Å²) < 4.78 is 25.2. The minimum absolute atomic E-state index is 0.367. The normalized spacial score (nSPS) is 13.6. The molecular weight excluding hydrogens is 370 g/mol. The average molecular weight is 397 g/mol. The van der Waals surface area contributed by atoms with Gasteiger partial charge in [-0.3, -0.25) is 4.98 Å². The number of hydrogen-bond donors (Lipinski definition) is 0. The van der Waals surface area contributed by atoms with Crippen molar-refractivity contribution in [2.45, 2.75) is 26.6 Å². The lowest BCUT2D eigenvalue weighted by molar-refractivity contribution is 0.864. The van der Waals surface area contributed by atoms with Gasteiger partial charge in [0.25, 0.3) is 0 Å². The summed E-state index contributed by atoms with van der Waals surface area (Å²) in [4.78, 5) is 4.60. The number of thiophene rings is 1. The van der Waals surface area contributed by atoms with E-state index >= 15 is 0 Å². The molecule has 142 valence electrons. The highest BCUT2D eigenvalue weighted by Crippen LogP contribution is 2.38. The molecule has 0 bridgehead atoms. The van der Waals surface area contributed by atoms with Gasteiger partial charge in [-0.1, -0.05) is 61.9 Å². The Balaban J connectivity index is 1.55. The minimum Gasteiger partial charge on any atom is -0.256 e. The van der Waals surface area contributed by atoms with E-state index < -0.39 is 6.85 Å². The Morgan fingerprint density at radius 1 is 0.759 bits per heavy atom. The number of aromatic nitrogens is 1. The topological polar surface area (TPSA) is 12.9 Å². The molecule has 1 nitrogen and oxygen atoms in total. The van der Waals surface area contributed by atoms with Crippen LogP contribution in [0.3, 0.4) is 0 Å². The SMILES string of the molecule is [2H]C([2H])([2H])c1ccc(-c2ccc3c(c2)sc2ccc(-c4cc(C(C)C)ccn4)cc23)cc1. The van der Waals surface area contributed by atoms with Crippen molar-refractivity contribution in [1.29, 1.82) is 0 Å². The fraction of sp³-hybridized carbons (Fsp3) is 0.148. The van der Waals surface area contributed by atoms with Crippen LogP contribution in [0.2, 0.25) is 0 Å². The van der Waals surface area contributed by atoms with E-state index in [1.54, 1.807) is 23.5 Å². The number of nitrogens with zero attached hydrogens (tertiary/aromatic N) is 1. The molecule has 0 fully saturated rings. The maximum atomic E-state index is 7.56. The van der Waals surface area contributed by atoms with E-state index in [-0.39, 0.29) is 0 Å². The highest BCUT2D eigenvalue weighted by Gasteiger charge is 2.10. The molecule has 29 heavy (non-hydrogen) atoms. The third kappa shape index (κ3) is 3.34. The monoisotopic (exact) mass is 396 g/mol. The summed E-state index contributed by atoms with van der Waals surface area (Å²) in [5.41, 5.74) is 5.90. The van der Waals surface area contributed by atoms with Gasteiger partial charge in [-0.05, 0) is 59.8 Å². The molecule has 0 aliphatic rings. The fourth-order valence-electron chi connectivity index (χ4n) is 3.74. The molecule has 0 atom stereocenters. The highest BCUT2D eigenvalue weighted by molar-refractivity contribution is 7.25. The molecule has 3 aromatic carbocycles. The largest absolute Gasteiger partial charge is 0.256 e. The quantitative estimate of drug-likeness (QED) is 0.299. The van der Waals surface area contributed by atoms with Gasteiger partial charge in [0.15, 0.2) is 0 Å². The molecule has 0 saturated heterocycles. The van der Waals surface area contributed by atoms with Crippen LogP contribution >= 0.6 is 11.3 Å². The average Bonchev–Trinajstić information content (AvgIpc) is 3.15. The Kier molecular flexibility index (Phi) is 3.67. The Morgan fingerprint density at radius 3 is 2.34 bits per heavy atom. The lowest BCUT2D eigenvalue weighted by atomic mass is 10.00. The van der Waals surface area contributed by atoms with Crippen LogP contribution in [0.25, 0.3) is 42.6 Å². The number of hydrogen-bond acceptors (Lipinski definition) is 2. The maximum Gasteiger partial charge on any atom is 0.0705 e. The van der Waals surface area contributed by atoms with Crippen molar-refractivity contribution in [3.63, 3.8) is 0 Å². The van der Waals surface area contributed by atoms with Crippen LogP contribution in [0.5, 0.6) is 0 Å². The van der Waals surface area contributed by atoms with E-state index in [0.717, 1.165) is 22.4 Å². The lowest BCUT2D eigenvalue weighted by Gasteiger charge is -2.08. The lowest BCUT2D eigenvalue weighted by Crippen LogP contribution is -1.90. The molecule has 2 heteroatoms. The molecule has 0 amide bonds. The zero-order valence-electron chi connectivity index (χ0n) is 19.4.